The first kappa shape index (κ1) is 20.5. The van der Waals surface area contributed by atoms with E-state index in [2.05, 4.69) is 15.3 Å². The highest BCUT2D eigenvalue weighted by Gasteiger charge is 2.30. The molecule has 158 valence electrons. The maximum atomic E-state index is 12.7. The Morgan fingerprint density at radius 3 is 2.37 bits per heavy atom. The number of carbonyl (C=O) groups excluding carboxylic acids is 1. The topological polar surface area (TPSA) is 81.6 Å². The SMILES string of the molecule is O=C1NC(O)/C(=C/c2ccnc(N3CCN(c4ccc(C(F)(F)F)cc4)CC3)n2)S1. The molecule has 2 saturated heterocycles. The van der Waals surface area contributed by atoms with E-state index in [0.29, 0.717) is 42.7 Å². The van der Waals surface area contributed by atoms with Crippen LogP contribution in [-0.4, -0.2) is 52.7 Å². The number of halogens is 3. The number of alkyl halides is 3. The number of benzene rings is 1. The summed E-state index contributed by atoms with van der Waals surface area (Å²) in [7, 11) is 0. The number of hydrogen-bond acceptors (Lipinski definition) is 7. The average molecular weight is 437 g/mol. The van der Waals surface area contributed by atoms with Crippen molar-refractivity contribution >= 4 is 34.7 Å². The van der Waals surface area contributed by atoms with E-state index in [-0.39, 0.29) is 5.24 Å². The van der Waals surface area contributed by atoms with Crippen LogP contribution in [-0.2, 0) is 6.18 Å². The summed E-state index contributed by atoms with van der Waals surface area (Å²) in [5, 5.41) is 11.9. The third-order valence-electron chi connectivity index (χ3n) is 4.81. The predicted octanol–water partition coefficient (Wildman–Crippen LogP) is 2.94. The van der Waals surface area contributed by atoms with Gasteiger partial charge in [-0.3, -0.25) is 4.79 Å². The fourth-order valence-electron chi connectivity index (χ4n) is 3.25. The summed E-state index contributed by atoms with van der Waals surface area (Å²) >= 11 is 0.920. The molecule has 2 fully saturated rings. The maximum absolute atomic E-state index is 12.7. The number of aliphatic hydroxyl groups is 1. The van der Waals surface area contributed by atoms with E-state index in [4.69, 9.17) is 0 Å². The van der Waals surface area contributed by atoms with Crippen LogP contribution in [0.4, 0.5) is 29.6 Å². The van der Waals surface area contributed by atoms with Gasteiger partial charge in [0.15, 0.2) is 6.23 Å². The second-order valence-electron chi connectivity index (χ2n) is 6.78. The van der Waals surface area contributed by atoms with Gasteiger partial charge in [-0.25, -0.2) is 9.97 Å². The third kappa shape index (κ3) is 4.51. The number of amides is 1. The zero-order chi connectivity index (χ0) is 21.3. The summed E-state index contributed by atoms with van der Waals surface area (Å²) in [6.45, 7) is 2.46. The van der Waals surface area contributed by atoms with Crippen LogP contribution in [0.25, 0.3) is 6.08 Å². The third-order valence-corrected chi connectivity index (χ3v) is 5.69. The van der Waals surface area contributed by atoms with E-state index < -0.39 is 18.0 Å². The summed E-state index contributed by atoms with van der Waals surface area (Å²) in [4.78, 5) is 24.6. The van der Waals surface area contributed by atoms with Gasteiger partial charge >= 0.3 is 6.18 Å². The first-order valence-corrected chi connectivity index (χ1v) is 9.99. The zero-order valence-electron chi connectivity index (χ0n) is 15.6. The van der Waals surface area contributed by atoms with Gasteiger partial charge in [-0.15, -0.1) is 0 Å². The quantitative estimate of drug-likeness (QED) is 0.764. The lowest BCUT2D eigenvalue weighted by Crippen LogP contribution is -2.47. The molecule has 0 saturated carbocycles. The van der Waals surface area contributed by atoms with Gasteiger partial charge in [0.25, 0.3) is 5.24 Å². The number of rotatable bonds is 3. The molecule has 0 spiro atoms. The lowest BCUT2D eigenvalue weighted by Gasteiger charge is -2.36. The number of nitrogens with one attached hydrogen (secondary N) is 1. The van der Waals surface area contributed by atoms with Crippen LogP contribution in [0.5, 0.6) is 0 Å². The lowest BCUT2D eigenvalue weighted by atomic mass is 10.1. The summed E-state index contributed by atoms with van der Waals surface area (Å²) < 4.78 is 38.2. The van der Waals surface area contributed by atoms with E-state index in [1.165, 1.54) is 12.1 Å². The van der Waals surface area contributed by atoms with Crippen molar-refractivity contribution in [2.24, 2.45) is 0 Å². The second-order valence-corrected chi connectivity index (χ2v) is 7.83. The number of piperazine rings is 1. The van der Waals surface area contributed by atoms with Crippen LogP contribution in [0.15, 0.2) is 41.4 Å². The number of aromatic nitrogens is 2. The first-order chi connectivity index (χ1) is 14.3. The van der Waals surface area contributed by atoms with Crippen molar-refractivity contribution in [3.05, 3.63) is 52.7 Å². The molecule has 1 aromatic carbocycles. The largest absolute Gasteiger partial charge is 0.416 e. The van der Waals surface area contributed by atoms with Gasteiger partial charge in [-0.05, 0) is 48.2 Å². The summed E-state index contributed by atoms with van der Waals surface area (Å²) in [5.74, 6) is 0.521. The average Bonchev–Trinajstić information content (AvgIpc) is 3.04. The number of hydrogen-bond donors (Lipinski definition) is 2. The van der Waals surface area contributed by atoms with Gasteiger partial charge in [0.1, 0.15) is 0 Å². The van der Waals surface area contributed by atoms with Crippen molar-refractivity contribution in [2.45, 2.75) is 12.4 Å². The summed E-state index contributed by atoms with van der Waals surface area (Å²) in [6.07, 6.45) is -2.13. The fourth-order valence-corrected chi connectivity index (χ4v) is 3.98. The minimum Gasteiger partial charge on any atom is -0.369 e. The van der Waals surface area contributed by atoms with Gasteiger partial charge in [0.2, 0.25) is 5.95 Å². The summed E-state index contributed by atoms with van der Waals surface area (Å²) in [6, 6.07) is 6.85. The smallest absolute Gasteiger partial charge is 0.369 e. The molecule has 0 bridgehead atoms. The van der Waals surface area contributed by atoms with E-state index in [9.17, 15) is 23.1 Å². The Bertz CT molecular complexity index is 959. The zero-order valence-corrected chi connectivity index (χ0v) is 16.5. The molecule has 2 aliphatic rings. The van der Waals surface area contributed by atoms with Crippen LogP contribution in [0.3, 0.4) is 0 Å². The highest BCUT2D eigenvalue weighted by molar-refractivity contribution is 8.17. The van der Waals surface area contributed by atoms with E-state index >= 15 is 0 Å². The van der Waals surface area contributed by atoms with Crippen LogP contribution in [0.1, 0.15) is 11.3 Å². The molecule has 1 unspecified atom stereocenters. The second kappa shape index (κ2) is 8.15. The Labute approximate surface area is 174 Å². The molecule has 11 heteroatoms. The van der Waals surface area contributed by atoms with Gasteiger partial charge in [0, 0.05) is 43.0 Å². The Hall–Kier alpha value is -2.79. The van der Waals surface area contributed by atoms with Gasteiger partial charge < -0.3 is 20.2 Å². The number of anilines is 2. The number of carbonyl (C=O) groups is 1. The van der Waals surface area contributed by atoms with E-state index in [0.717, 1.165) is 29.6 Å². The molecule has 0 aliphatic carbocycles. The van der Waals surface area contributed by atoms with Gasteiger partial charge in [-0.2, -0.15) is 13.2 Å². The van der Waals surface area contributed by atoms with Gasteiger partial charge in [-0.1, -0.05) is 0 Å². The summed E-state index contributed by atoms with van der Waals surface area (Å²) in [5.41, 5.74) is 0.654. The molecule has 3 heterocycles. The van der Waals surface area contributed by atoms with Crippen molar-refractivity contribution in [1.82, 2.24) is 15.3 Å². The molecule has 2 aromatic rings. The van der Waals surface area contributed by atoms with Crippen LogP contribution in [0, 0.1) is 0 Å². The number of aliphatic hydroxyl groups excluding tert-OH is 1. The van der Waals surface area contributed by atoms with Crippen LogP contribution in [0.2, 0.25) is 0 Å². The number of thioether (sulfide) groups is 1. The van der Waals surface area contributed by atoms with Crippen LogP contribution < -0.4 is 15.1 Å². The minimum atomic E-state index is -4.34. The van der Waals surface area contributed by atoms with Crippen molar-refractivity contribution in [3.8, 4) is 0 Å². The Kier molecular flexibility index (Phi) is 5.56. The molecule has 7 nitrogen and oxygen atoms in total. The molecular weight excluding hydrogens is 419 g/mol. The van der Waals surface area contributed by atoms with E-state index in [1.807, 2.05) is 9.80 Å². The van der Waals surface area contributed by atoms with Crippen molar-refractivity contribution in [2.75, 3.05) is 36.0 Å². The molecule has 4 rings (SSSR count). The standard InChI is InChI=1S/C19H18F3N5O2S/c20-19(21,22)12-1-3-14(4-2-12)26-7-9-27(10-8-26)17-23-6-5-13(24-17)11-15-16(28)25-18(29)30-15/h1-6,11,16,28H,7-10H2,(H,25,29)/b15-11-. The minimum absolute atomic E-state index is 0.317. The molecule has 2 N–H and O–H groups in total. The Morgan fingerprint density at radius 2 is 1.77 bits per heavy atom. The van der Waals surface area contributed by atoms with Gasteiger partial charge in [0.05, 0.1) is 11.3 Å². The predicted molar refractivity (Wildman–Crippen MR) is 108 cm³/mol. The molecular formula is C19H18F3N5O2S. The molecule has 2 aliphatic heterocycles. The van der Waals surface area contributed by atoms with Crippen molar-refractivity contribution in [1.29, 1.82) is 0 Å². The van der Waals surface area contributed by atoms with Crippen molar-refractivity contribution in [3.63, 3.8) is 0 Å². The first-order valence-electron chi connectivity index (χ1n) is 9.18. The molecule has 30 heavy (non-hydrogen) atoms. The monoisotopic (exact) mass is 437 g/mol. The Morgan fingerprint density at radius 1 is 1.10 bits per heavy atom. The molecule has 1 amide bonds. The Balaban J connectivity index is 1.41. The van der Waals surface area contributed by atoms with Crippen molar-refractivity contribution < 1.29 is 23.1 Å². The van der Waals surface area contributed by atoms with Crippen LogP contribution >= 0.6 is 11.8 Å². The molecule has 0 radical (unpaired) electrons. The lowest BCUT2D eigenvalue weighted by molar-refractivity contribution is -0.137. The van der Waals surface area contributed by atoms with E-state index in [1.54, 1.807) is 18.3 Å². The fraction of sp³-hybridized carbons (Fsp3) is 0.316. The molecule has 1 atom stereocenters. The maximum Gasteiger partial charge on any atom is 0.416 e. The highest BCUT2D eigenvalue weighted by Crippen LogP contribution is 2.31. The number of nitrogens with zero attached hydrogens (tertiary/aromatic N) is 4. The normalized spacial score (nSPS) is 21.3. The highest BCUT2D eigenvalue weighted by atomic mass is 32.2. The molecule has 1 aromatic heterocycles.